The summed E-state index contributed by atoms with van der Waals surface area (Å²) in [6.45, 7) is 3.81. The van der Waals surface area contributed by atoms with Crippen molar-refractivity contribution in [1.82, 2.24) is 19.7 Å². The maximum Gasteiger partial charge on any atom is 0.147 e. The lowest BCUT2D eigenvalue weighted by molar-refractivity contribution is -0.0213. The molecular formula is C16H24N4O. The molecule has 0 N–H and O–H groups in total. The number of ether oxygens (including phenoxy) is 1. The van der Waals surface area contributed by atoms with E-state index in [0.717, 1.165) is 32.2 Å². The standard InChI is InChI=1S/C16H24N4O/c1-2-11(1)14-10-21-8-7-19(14)9-15-17-18-16(12-3-4-12)20(15)13-5-6-13/h11-14H,1-10H2. The van der Waals surface area contributed by atoms with Gasteiger partial charge in [0.25, 0.3) is 0 Å². The molecule has 3 aliphatic carbocycles. The minimum absolute atomic E-state index is 0.618. The molecule has 1 saturated heterocycles. The van der Waals surface area contributed by atoms with Gasteiger partial charge in [0.2, 0.25) is 0 Å². The SMILES string of the molecule is C1CN(Cc2nnc(C3CC3)n2C2CC2)C(C2CC2)CO1. The van der Waals surface area contributed by atoms with Crippen LogP contribution in [-0.2, 0) is 11.3 Å². The Morgan fingerprint density at radius 3 is 2.62 bits per heavy atom. The normalized spacial score (nSPS) is 30.8. The van der Waals surface area contributed by atoms with E-state index in [9.17, 15) is 0 Å². The highest BCUT2D eigenvalue weighted by Crippen LogP contribution is 2.45. The Kier molecular flexibility index (Phi) is 2.87. The minimum Gasteiger partial charge on any atom is -0.378 e. The van der Waals surface area contributed by atoms with Crippen LogP contribution in [-0.4, -0.2) is 45.5 Å². The first-order valence-electron chi connectivity index (χ1n) is 8.65. The molecule has 0 amide bonds. The highest BCUT2D eigenvalue weighted by molar-refractivity contribution is 5.12. The van der Waals surface area contributed by atoms with Crippen molar-refractivity contribution in [3.05, 3.63) is 11.6 Å². The summed E-state index contributed by atoms with van der Waals surface area (Å²) in [4.78, 5) is 2.61. The summed E-state index contributed by atoms with van der Waals surface area (Å²) in [5.41, 5.74) is 0. The van der Waals surface area contributed by atoms with E-state index >= 15 is 0 Å². The fourth-order valence-electron chi connectivity index (χ4n) is 3.75. The molecular weight excluding hydrogens is 264 g/mol. The third-order valence-electron chi connectivity index (χ3n) is 5.44. The second kappa shape index (κ2) is 4.78. The highest BCUT2D eigenvalue weighted by Gasteiger charge is 2.40. The van der Waals surface area contributed by atoms with Crippen molar-refractivity contribution in [2.24, 2.45) is 5.92 Å². The van der Waals surface area contributed by atoms with E-state index in [1.54, 1.807) is 0 Å². The smallest absolute Gasteiger partial charge is 0.147 e. The van der Waals surface area contributed by atoms with E-state index in [2.05, 4.69) is 19.7 Å². The van der Waals surface area contributed by atoms with Gasteiger partial charge in [-0.15, -0.1) is 10.2 Å². The van der Waals surface area contributed by atoms with Gasteiger partial charge in [0.05, 0.1) is 19.8 Å². The summed E-state index contributed by atoms with van der Waals surface area (Å²) in [5, 5.41) is 9.12. The van der Waals surface area contributed by atoms with Crippen LogP contribution in [0.4, 0.5) is 0 Å². The molecule has 21 heavy (non-hydrogen) atoms. The number of nitrogens with zero attached hydrogens (tertiary/aromatic N) is 4. The van der Waals surface area contributed by atoms with E-state index in [0.29, 0.717) is 18.0 Å². The van der Waals surface area contributed by atoms with Gasteiger partial charge in [-0.1, -0.05) is 0 Å². The first-order chi connectivity index (χ1) is 10.4. The largest absolute Gasteiger partial charge is 0.378 e. The Morgan fingerprint density at radius 2 is 1.90 bits per heavy atom. The molecule has 1 unspecified atom stereocenters. The number of hydrogen-bond acceptors (Lipinski definition) is 4. The molecule has 0 aromatic carbocycles. The van der Waals surface area contributed by atoms with Crippen LogP contribution >= 0.6 is 0 Å². The molecule has 0 bridgehead atoms. The third kappa shape index (κ3) is 2.40. The summed E-state index contributed by atoms with van der Waals surface area (Å²) < 4.78 is 8.21. The van der Waals surface area contributed by atoms with Crippen molar-refractivity contribution in [1.29, 1.82) is 0 Å². The third-order valence-corrected chi connectivity index (χ3v) is 5.44. The van der Waals surface area contributed by atoms with E-state index in [1.165, 1.54) is 50.2 Å². The van der Waals surface area contributed by atoms with Crippen LogP contribution in [0.25, 0.3) is 0 Å². The first kappa shape index (κ1) is 12.6. The van der Waals surface area contributed by atoms with Crippen molar-refractivity contribution in [3.63, 3.8) is 0 Å². The summed E-state index contributed by atoms with van der Waals surface area (Å²) >= 11 is 0. The van der Waals surface area contributed by atoms with Gasteiger partial charge >= 0.3 is 0 Å². The van der Waals surface area contributed by atoms with Crippen LogP contribution in [0, 0.1) is 5.92 Å². The molecule has 1 aromatic rings. The summed E-state index contributed by atoms with van der Waals surface area (Å²) in [6, 6.07) is 1.32. The molecule has 5 nitrogen and oxygen atoms in total. The minimum atomic E-state index is 0.618. The quantitative estimate of drug-likeness (QED) is 0.832. The lowest BCUT2D eigenvalue weighted by Gasteiger charge is -2.35. The lowest BCUT2D eigenvalue weighted by atomic mass is 10.1. The van der Waals surface area contributed by atoms with E-state index in [-0.39, 0.29) is 0 Å². The van der Waals surface area contributed by atoms with Crippen LogP contribution < -0.4 is 0 Å². The van der Waals surface area contributed by atoms with Gasteiger partial charge < -0.3 is 9.30 Å². The zero-order chi connectivity index (χ0) is 13.8. The van der Waals surface area contributed by atoms with Crippen molar-refractivity contribution in [2.45, 2.75) is 63.1 Å². The second-order valence-electron chi connectivity index (χ2n) is 7.30. The van der Waals surface area contributed by atoms with Crippen molar-refractivity contribution < 1.29 is 4.74 Å². The predicted molar refractivity (Wildman–Crippen MR) is 78.0 cm³/mol. The lowest BCUT2D eigenvalue weighted by Crippen LogP contribution is -2.46. The monoisotopic (exact) mass is 288 g/mol. The number of morpholine rings is 1. The fourth-order valence-corrected chi connectivity index (χ4v) is 3.75. The molecule has 5 heteroatoms. The molecule has 2 heterocycles. The van der Waals surface area contributed by atoms with Gasteiger partial charge in [0.1, 0.15) is 11.6 Å². The Labute approximate surface area is 125 Å². The predicted octanol–water partition coefficient (Wildman–Crippen LogP) is 2.10. The van der Waals surface area contributed by atoms with Crippen LogP contribution in [0.15, 0.2) is 0 Å². The molecule has 4 fully saturated rings. The fraction of sp³-hybridized carbons (Fsp3) is 0.875. The van der Waals surface area contributed by atoms with E-state index in [1.807, 2.05) is 0 Å². The Hall–Kier alpha value is -0.940. The van der Waals surface area contributed by atoms with Gasteiger partial charge in [0, 0.05) is 24.5 Å². The average Bonchev–Trinajstić information content (AvgIpc) is 3.37. The number of hydrogen-bond donors (Lipinski definition) is 0. The van der Waals surface area contributed by atoms with Crippen molar-refractivity contribution >= 4 is 0 Å². The van der Waals surface area contributed by atoms with Gasteiger partial charge in [-0.05, 0) is 44.4 Å². The zero-order valence-electron chi connectivity index (χ0n) is 12.6. The van der Waals surface area contributed by atoms with Crippen LogP contribution in [0.3, 0.4) is 0 Å². The average molecular weight is 288 g/mol. The topological polar surface area (TPSA) is 43.2 Å². The molecule has 5 rings (SSSR count). The maximum absolute atomic E-state index is 5.71. The maximum atomic E-state index is 5.71. The number of aromatic nitrogens is 3. The van der Waals surface area contributed by atoms with Crippen LogP contribution in [0.2, 0.25) is 0 Å². The van der Waals surface area contributed by atoms with Crippen LogP contribution in [0.5, 0.6) is 0 Å². The summed E-state index contributed by atoms with van der Waals surface area (Å²) in [7, 11) is 0. The molecule has 114 valence electrons. The van der Waals surface area contributed by atoms with Gasteiger partial charge in [-0.3, -0.25) is 4.90 Å². The zero-order valence-corrected chi connectivity index (χ0v) is 12.6. The Morgan fingerprint density at radius 1 is 1.05 bits per heavy atom. The second-order valence-corrected chi connectivity index (χ2v) is 7.30. The van der Waals surface area contributed by atoms with Crippen molar-refractivity contribution in [3.8, 4) is 0 Å². The first-order valence-corrected chi connectivity index (χ1v) is 8.65. The summed E-state index contributed by atoms with van der Waals surface area (Å²) in [5.74, 6) is 4.07. The number of rotatable bonds is 5. The van der Waals surface area contributed by atoms with E-state index < -0.39 is 0 Å². The van der Waals surface area contributed by atoms with Crippen LogP contribution in [0.1, 0.15) is 62.1 Å². The van der Waals surface area contributed by atoms with Gasteiger partial charge in [-0.2, -0.15) is 0 Å². The summed E-state index contributed by atoms with van der Waals surface area (Å²) in [6.07, 6.45) is 8.03. The molecule has 1 aliphatic heterocycles. The molecule has 0 spiro atoms. The molecule has 4 aliphatic rings. The van der Waals surface area contributed by atoms with Gasteiger partial charge in [-0.25, -0.2) is 0 Å². The molecule has 3 saturated carbocycles. The molecule has 0 radical (unpaired) electrons. The molecule has 1 atom stereocenters. The van der Waals surface area contributed by atoms with Gasteiger partial charge in [0.15, 0.2) is 0 Å². The van der Waals surface area contributed by atoms with E-state index in [4.69, 9.17) is 4.74 Å². The molecule has 1 aromatic heterocycles. The van der Waals surface area contributed by atoms with Crippen molar-refractivity contribution in [2.75, 3.05) is 19.8 Å². The Bertz CT molecular complexity index is 530. The Balaban J connectivity index is 1.39. The highest BCUT2D eigenvalue weighted by atomic mass is 16.5.